The summed E-state index contributed by atoms with van der Waals surface area (Å²) in [4.78, 5) is 1.48. The van der Waals surface area contributed by atoms with Crippen LogP contribution in [0.3, 0.4) is 0 Å². The van der Waals surface area contributed by atoms with Gasteiger partial charge in [-0.25, -0.2) is 0 Å². The number of fused-ring (bicyclic) bond motifs is 1. The standard InChI is InChI=1S/C13H13NS/c1-9-6-7-15-13(9)12-8-10-4-2-3-5-11(10)14-12/h2-7,12,14H,8H2,1H3. The van der Waals surface area contributed by atoms with Gasteiger partial charge in [-0.1, -0.05) is 18.2 Å². The monoisotopic (exact) mass is 215 g/mol. The third-order valence-corrected chi connectivity index (χ3v) is 4.12. The second-order valence-electron chi connectivity index (χ2n) is 4.03. The Balaban J connectivity index is 1.94. The first-order valence-electron chi connectivity index (χ1n) is 5.23. The lowest BCUT2D eigenvalue weighted by atomic mass is 10.1. The van der Waals surface area contributed by atoms with Crippen molar-refractivity contribution in [2.75, 3.05) is 5.32 Å². The van der Waals surface area contributed by atoms with E-state index in [-0.39, 0.29) is 0 Å². The summed E-state index contributed by atoms with van der Waals surface area (Å²) >= 11 is 1.85. The van der Waals surface area contributed by atoms with Crippen molar-refractivity contribution in [1.29, 1.82) is 0 Å². The molecule has 0 radical (unpaired) electrons. The zero-order chi connectivity index (χ0) is 10.3. The Labute approximate surface area is 93.8 Å². The largest absolute Gasteiger partial charge is 0.377 e. The predicted molar refractivity (Wildman–Crippen MR) is 65.6 cm³/mol. The van der Waals surface area contributed by atoms with Gasteiger partial charge in [0.2, 0.25) is 0 Å². The minimum atomic E-state index is 0.488. The van der Waals surface area contributed by atoms with Crippen LogP contribution < -0.4 is 5.32 Å². The van der Waals surface area contributed by atoms with E-state index >= 15 is 0 Å². The quantitative estimate of drug-likeness (QED) is 0.763. The highest BCUT2D eigenvalue weighted by atomic mass is 32.1. The van der Waals surface area contributed by atoms with Crippen LogP contribution in [0, 0.1) is 6.92 Å². The van der Waals surface area contributed by atoms with Crippen LogP contribution in [0.5, 0.6) is 0 Å². The maximum atomic E-state index is 3.59. The van der Waals surface area contributed by atoms with Crippen molar-refractivity contribution < 1.29 is 0 Å². The van der Waals surface area contributed by atoms with E-state index in [1.165, 1.54) is 21.7 Å². The summed E-state index contributed by atoms with van der Waals surface area (Å²) in [6.07, 6.45) is 1.12. The summed E-state index contributed by atoms with van der Waals surface area (Å²) in [5.41, 5.74) is 4.15. The molecule has 1 N–H and O–H groups in total. The van der Waals surface area contributed by atoms with Crippen LogP contribution in [0.2, 0.25) is 0 Å². The fourth-order valence-electron chi connectivity index (χ4n) is 2.20. The van der Waals surface area contributed by atoms with Crippen LogP contribution in [0.4, 0.5) is 5.69 Å². The van der Waals surface area contributed by atoms with Gasteiger partial charge in [0.1, 0.15) is 0 Å². The van der Waals surface area contributed by atoms with Gasteiger partial charge >= 0.3 is 0 Å². The third-order valence-electron chi connectivity index (χ3n) is 2.99. The molecular weight excluding hydrogens is 202 g/mol. The van der Waals surface area contributed by atoms with Crippen molar-refractivity contribution >= 4 is 17.0 Å². The second kappa shape index (κ2) is 3.38. The molecule has 0 spiro atoms. The van der Waals surface area contributed by atoms with Gasteiger partial charge in [-0.3, -0.25) is 0 Å². The predicted octanol–water partition coefficient (Wildman–Crippen LogP) is 3.77. The maximum absolute atomic E-state index is 3.59. The van der Waals surface area contributed by atoms with E-state index in [0.29, 0.717) is 6.04 Å². The third kappa shape index (κ3) is 1.45. The van der Waals surface area contributed by atoms with E-state index in [4.69, 9.17) is 0 Å². The molecule has 0 bridgehead atoms. The lowest BCUT2D eigenvalue weighted by Gasteiger charge is -2.10. The Hall–Kier alpha value is -1.28. The van der Waals surface area contributed by atoms with Gasteiger partial charge < -0.3 is 5.32 Å². The maximum Gasteiger partial charge on any atom is 0.0650 e. The molecule has 2 aromatic rings. The topological polar surface area (TPSA) is 12.0 Å². The van der Waals surface area contributed by atoms with Crippen LogP contribution in [0.15, 0.2) is 35.7 Å². The zero-order valence-corrected chi connectivity index (χ0v) is 9.47. The summed E-state index contributed by atoms with van der Waals surface area (Å²) in [5.74, 6) is 0. The molecule has 0 saturated carbocycles. The highest BCUT2D eigenvalue weighted by Crippen LogP contribution is 2.37. The number of benzene rings is 1. The van der Waals surface area contributed by atoms with Crippen molar-refractivity contribution in [1.82, 2.24) is 0 Å². The molecule has 1 nitrogen and oxygen atoms in total. The van der Waals surface area contributed by atoms with Crippen LogP contribution >= 0.6 is 11.3 Å². The molecule has 0 aliphatic carbocycles. The first kappa shape index (κ1) is 8.98. The summed E-state index contributed by atoms with van der Waals surface area (Å²) < 4.78 is 0. The van der Waals surface area contributed by atoms with Crippen molar-refractivity contribution in [2.45, 2.75) is 19.4 Å². The van der Waals surface area contributed by atoms with E-state index in [1.807, 2.05) is 11.3 Å². The first-order valence-corrected chi connectivity index (χ1v) is 6.11. The van der Waals surface area contributed by atoms with E-state index in [0.717, 1.165) is 6.42 Å². The first-order chi connectivity index (χ1) is 7.34. The fraction of sp³-hybridized carbons (Fsp3) is 0.231. The lowest BCUT2D eigenvalue weighted by molar-refractivity contribution is 0.836. The van der Waals surface area contributed by atoms with Crippen LogP contribution in [-0.2, 0) is 6.42 Å². The van der Waals surface area contributed by atoms with Gasteiger partial charge in [0.25, 0.3) is 0 Å². The number of hydrogen-bond donors (Lipinski definition) is 1. The average Bonchev–Trinajstić information content (AvgIpc) is 2.82. The Morgan fingerprint density at radius 3 is 2.87 bits per heavy atom. The minimum Gasteiger partial charge on any atom is -0.377 e. The summed E-state index contributed by atoms with van der Waals surface area (Å²) in [5, 5.41) is 5.76. The molecule has 1 aliphatic heterocycles. The molecule has 76 valence electrons. The molecule has 3 rings (SSSR count). The van der Waals surface area contributed by atoms with Gasteiger partial charge in [-0.05, 0) is 42.0 Å². The summed E-state index contributed by atoms with van der Waals surface area (Å²) in [7, 11) is 0. The molecule has 0 saturated heterocycles. The van der Waals surface area contributed by atoms with Gasteiger partial charge in [-0.2, -0.15) is 0 Å². The molecule has 1 unspecified atom stereocenters. The number of nitrogens with one attached hydrogen (secondary N) is 1. The van der Waals surface area contributed by atoms with Crippen molar-refractivity contribution in [3.8, 4) is 0 Å². The summed E-state index contributed by atoms with van der Waals surface area (Å²) in [6, 6.07) is 11.3. The van der Waals surface area contributed by atoms with Crippen molar-refractivity contribution in [3.63, 3.8) is 0 Å². The number of thiophene rings is 1. The molecular formula is C13H13NS. The fourth-order valence-corrected chi connectivity index (χ4v) is 3.18. The van der Waals surface area contributed by atoms with Gasteiger partial charge in [-0.15, -0.1) is 11.3 Å². The van der Waals surface area contributed by atoms with E-state index in [1.54, 1.807) is 0 Å². The summed E-state index contributed by atoms with van der Waals surface area (Å²) in [6.45, 7) is 2.19. The Kier molecular flexibility index (Phi) is 2.03. The lowest BCUT2D eigenvalue weighted by Crippen LogP contribution is -2.04. The SMILES string of the molecule is Cc1ccsc1C1Cc2ccccc2N1. The molecule has 1 aliphatic rings. The second-order valence-corrected chi connectivity index (χ2v) is 4.97. The van der Waals surface area contributed by atoms with Crippen molar-refractivity contribution in [2.24, 2.45) is 0 Å². The number of para-hydroxylation sites is 1. The Bertz CT molecular complexity index is 462. The Morgan fingerprint density at radius 2 is 2.13 bits per heavy atom. The van der Waals surface area contributed by atoms with E-state index < -0.39 is 0 Å². The van der Waals surface area contributed by atoms with Crippen LogP contribution in [-0.4, -0.2) is 0 Å². The highest BCUT2D eigenvalue weighted by Gasteiger charge is 2.23. The Morgan fingerprint density at radius 1 is 1.27 bits per heavy atom. The average molecular weight is 215 g/mol. The molecule has 1 aromatic carbocycles. The highest BCUT2D eigenvalue weighted by molar-refractivity contribution is 7.10. The number of anilines is 1. The number of rotatable bonds is 1. The zero-order valence-electron chi connectivity index (χ0n) is 8.66. The molecule has 2 heteroatoms. The number of hydrogen-bond acceptors (Lipinski definition) is 2. The molecule has 1 atom stereocenters. The van der Waals surface area contributed by atoms with Crippen LogP contribution in [0.25, 0.3) is 0 Å². The molecule has 1 aromatic heterocycles. The van der Waals surface area contributed by atoms with Gasteiger partial charge in [0.15, 0.2) is 0 Å². The van der Waals surface area contributed by atoms with Gasteiger partial charge in [0, 0.05) is 10.6 Å². The van der Waals surface area contributed by atoms with Gasteiger partial charge in [0.05, 0.1) is 6.04 Å². The molecule has 2 heterocycles. The molecule has 0 fully saturated rings. The normalized spacial score (nSPS) is 18.6. The smallest absolute Gasteiger partial charge is 0.0650 e. The van der Waals surface area contributed by atoms with E-state index in [9.17, 15) is 0 Å². The molecule has 15 heavy (non-hydrogen) atoms. The molecule has 0 amide bonds. The van der Waals surface area contributed by atoms with Crippen LogP contribution in [0.1, 0.15) is 22.0 Å². The van der Waals surface area contributed by atoms with Crippen molar-refractivity contribution in [3.05, 3.63) is 51.7 Å². The minimum absolute atomic E-state index is 0.488. The number of aryl methyl sites for hydroxylation is 1. The van der Waals surface area contributed by atoms with E-state index in [2.05, 4.69) is 48.0 Å².